The first kappa shape index (κ1) is 21.7. The van der Waals surface area contributed by atoms with Gasteiger partial charge in [-0.2, -0.15) is 5.26 Å². The first-order valence-corrected chi connectivity index (χ1v) is 11.2. The van der Waals surface area contributed by atoms with Crippen LogP contribution < -0.4 is 14.5 Å². The maximum atomic E-state index is 13.3. The monoisotopic (exact) mass is 432 g/mol. The topological polar surface area (TPSA) is 76.9 Å². The van der Waals surface area contributed by atoms with E-state index >= 15 is 0 Å². The van der Waals surface area contributed by atoms with Gasteiger partial charge >= 0.3 is 0 Å². The summed E-state index contributed by atoms with van der Waals surface area (Å²) in [7, 11) is 0. The lowest BCUT2D eigenvalue weighted by Gasteiger charge is -2.38. The van der Waals surface area contributed by atoms with Gasteiger partial charge < -0.3 is 19.4 Å². The summed E-state index contributed by atoms with van der Waals surface area (Å²) in [6.07, 6.45) is 2.79. The number of ether oxygens (including phenoxy) is 1. The second-order valence-corrected chi connectivity index (χ2v) is 8.13. The van der Waals surface area contributed by atoms with Crippen LogP contribution in [0.1, 0.15) is 25.7 Å². The summed E-state index contributed by atoms with van der Waals surface area (Å²) in [4.78, 5) is 31.9. The third kappa shape index (κ3) is 4.86. The van der Waals surface area contributed by atoms with Crippen molar-refractivity contribution in [3.63, 3.8) is 0 Å². The Morgan fingerprint density at radius 1 is 1.03 bits per heavy atom. The summed E-state index contributed by atoms with van der Waals surface area (Å²) in [5.41, 5.74) is 1.56. The van der Waals surface area contributed by atoms with Gasteiger partial charge in [0.15, 0.2) is 6.10 Å². The standard InChI is InChI=1S/C25H28N4O3/c26-14-9-17-29(20-10-3-1-4-11-20)24(30)19-28-18-23(25(31)27-15-7-2-8-16-27)32-22-13-6-5-12-21(22)28/h1,3-6,10-13,23H,2,7-9,15-19H2. The van der Waals surface area contributed by atoms with E-state index in [0.717, 1.165) is 43.7 Å². The zero-order valence-electron chi connectivity index (χ0n) is 18.2. The molecule has 0 spiro atoms. The highest BCUT2D eigenvalue weighted by Gasteiger charge is 2.35. The van der Waals surface area contributed by atoms with Gasteiger partial charge in [0.1, 0.15) is 5.75 Å². The molecule has 32 heavy (non-hydrogen) atoms. The van der Waals surface area contributed by atoms with E-state index < -0.39 is 6.10 Å². The number of fused-ring (bicyclic) bond motifs is 1. The van der Waals surface area contributed by atoms with E-state index in [1.165, 1.54) is 0 Å². The molecule has 0 aromatic heterocycles. The minimum atomic E-state index is -0.639. The third-order valence-corrected chi connectivity index (χ3v) is 5.95. The number of amides is 2. The van der Waals surface area contributed by atoms with Crippen molar-refractivity contribution in [2.45, 2.75) is 31.8 Å². The van der Waals surface area contributed by atoms with E-state index in [4.69, 9.17) is 10.00 Å². The number of carbonyl (C=O) groups is 2. The number of hydrogen-bond donors (Lipinski definition) is 0. The van der Waals surface area contributed by atoms with Gasteiger partial charge in [0.05, 0.1) is 31.3 Å². The van der Waals surface area contributed by atoms with Gasteiger partial charge in [-0.15, -0.1) is 0 Å². The van der Waals surface area contributed by atoms with Crippen molar-refractivity contribution in [2.24, 2.45) is 0 Å². The number of carbonyl (C=O) groups excluding carboxylic acids is 2. The zero-order valence-corrected chi connectivity index (χ0v) is 18.2. The molecular weight excluding hydrogens is 404 g/mol. The smallest absolute Gasteiger partial charge is 0.265 e. The highest BCUT2D eigenvalue weighted by atomic mass is 16.5. The van der Waals surface area contributed by atoms with Crippen molar-refractivity contribution in [3.05, 3.63) is 54.6 Å². The Balaban J connectivity index is 1.54. The van der Waals surface area contributed by atoms with Crippen LogP contribution in [0.2, 0.25) is 0 Å². The molecule has 1 saturated heterocycles. The molecule has 0 bridgehead atoms. The van der Waals surface area contributed by atoms with Crippen LogP contribution in [0.4, 0.5) is 11.4 Å². The number of anilines is 2. The van der Waals surface area contributed by atoms with Crippen LogP contribution in [0.3, 0.4) is 0 Å². The minimum absolute atomic E-state index is 0.0129. The Morgan fingerprint density at radius 2 is 1.75 bits per heavy atom. The summed E-state index contributed by atoms with van der Waals surface area (Å²) in [5.74, 6) is 0.485. The lowest BCUT2D eigenvalue weighted by atomic mass is 10.1. The Hall–Kier alpha value is -3.53. The fourth-order valence-corrected chi connectivity index (χ4v) is 4.32. The Kier molecular flexibility index (Phi) is 6.90. The number of nitriles is 1. The van der Waals surface area contributed by atoms with Crippen molar-refractivity contribution >= 4 is 23.2 Å². The molecule has 7 heteroatoms. The number of para-hydroxylation sites is 3. The maximum absolute atomic E-state index is 13.3. The van der Waals surface area contributed by atoms with Gasteiger partial charge in [-0.25, -0.2) is 0 Å². The first-order chi connectivity index (χ1) is 15.7. The molecular formula is C25H28N4O3. The van der Waals surface area contributed by atoms with Crippen molar-refractivity contribution in [1.29, 1.82) is 5.26 Å². The molecule has 0 aliphatic carbocycles. The highest BCUT2D eigenvalue weighted by Crippen LogP contribution is 2.34. The van der Waals surface area contributed by atoms with Crippen LogP contribution in [0.5, 0.6) is 5.75 Å². The molecule has 2 aliphatic rings. The second kappa shape index (κ2) is 10.2. The number of nitrogens with zero attached hydrogens (tertiary/aromatic N) is 4. The van der Waals surface area contributed by atoms with Crippen molar-refractivity contribution < 1.29 is 14.3 Å². The number of likely N-dealkylation sites (tertiary alicyclic amines) is 1. The summed E-state index contributed by atoms with van der Waals surface area (Å²) >= 11 is 0. The molecule has 1 atom stereocenters. The van der Waals surface area contributed by atoms with Gasteiger partial charge in [-0.3, -0.25) is 9.59 Å². The lowest BCUT2D eigenvalue weighted by molar-refractivity contribution is -0.139. The van der Waals surface area contributed by atoms with Crippen LogP contribution in [0.25, 0.3) is 0 Å². The van der Waals surface area contributed by atoms with E-state index in [1.54, 1.807) is 4.90 Å². The maximum Gasteiger partial charge on any atom is 0.265 e. The van der Waals surface area contributed by atoms with E-state index in [0.29, 0.717) is 18.8 Å². The van der Waals surface area contributed by atoms with Gasteiger partial charge in [0.2, 0.25) is 5.91 Å². The largest absolute Gasteiger partial charge is 0.477 e. The molecule has 7 nitrogen and oxygen atoms in total. The Labute approximate surface area is 188 Å². The summed E-state index contributed by atoms with van der Waals surface area (Å²) in [5, 5.41) is 9.06. The van der Waals surface area contributed by atoms with Gasteiger partial charge in [0.25, 0.3) is 5.91 Å². The lowest BCUT2D eigenvalue weighted by Crippen LogP contribution is -2.53. The summed E-state index contributed by atoms with van der Waals surface area (Å²) in [6, 6.07) is 19.0. The van der Waals surface area contributed by atoms with Gasteiger partial charge in [-0.05, 0) is 43.5 Å². The van der Waals surface area contributed by atoms with Crippen LogP contribution in [0, 0.1) is 11.3 Å². The van der Waals surface area contributed by atoms with Gasteiger partial charge in [0, 0.05) is 25.3 Å². The average Bonchev–Trinajstić information content (AvgIpc) is 2.85. The molecule has 0 saturated carbocycles. The first-order valence-electron chi connectivity index (χ1n) is 11.2. The normalized spacial score (nSPS) is 17.7. The van der Waals surface area contributed by atoms with Crippen molar-refractivity contribution in [2.75, 3.05) is 42.5 Å². The van der Waals surface area contributed by atoms with Gasteiger partial charge in [-0.1, -0.05) is 30.3 Å². The second-order valence-electron chi connectivity index (χ2n) is 8.13. The van der Waals surface area contributed by atoms with Crippen LogP contribution in [-0.4, -0.2) is 55.5 Å². The average molecular weight is 433 g/mol. The summed E-state index contributed by atoms with van der Waals surface area (Å²) < 4.78 is 6.07. The molecule has 4 rings (SSSR count). The number of rotatable bonds is 6. The fraction of sp³-hybridized carbons (Fsp3) is 0.400. The molecule has 2 aliphatic heterocycles. The fourth-order valence-electron chi connectivity index (χ4n) is 4.32. The van der Waals surface area contributed by atoms with Crippen LogP contribution in [0.15, 0.2) is 54.6 Å². The highest BCUT2D eigenvalue weighted by molar-refractivity contribution is 5.97. The van der Waals surface area contributed by atoms with Crippen molar-refractivity contribution in [3.8, 4) is 11.8 Å². The molecule has 2 heterocycles. The molecule has 2 aromatic rings. The van der Waals surface area contributed by atoms with Crippen LogP contribution >= 0.6 is 0 Å². The molecule has 1 unspecified atom stereocenters. The predicted molar refractivity (Wildman–Crippen MR) is 123 cm³/mol. The number of hydrogen-bond acceptors (Lipinski definition) is 5. The van der Waals surface area contributed by atoms with E-state index in [2.05, 4.69) is 6.07 Å². The number of benzene rings is 2. The molecule has 2 aromatic carbocycles. The molecule has 0 radical (unpaired) electrons. The zero-order chi connectivity index (χ0) is 22.3. The Bertz CT molecular complexity index is 982. The molecule has 1 fully saturated rings. The summed E-state index contributed by atoms with van der Waals surface area (Å²) in [6.45, 7) is 2.26. The predicted octanol–water partition coefficient (Wildman–Crippen LogP) is 3.21. The minimum Gasteiger partial charge on any atom is -0.477 e. The van der Waals surface area contributed by atoms with Crippen LogP contribution in [-0.2, 0) is 9.59 Å². The molecule has 2 amide bonds. The number of piperidine rings is 1. The Morgan fingerprint density at radius 3 is 2.50 bits per heavy atom. The quantitative estimate of drug-likeness (QED) is 0.701. The SMILES string of the molecule is N#CCCN(C(=O)CN1CC(C(=O)N2CCCCC2)Oc2ccccc21)c1ccccc1. The van der Waals surface area contributed by atoms with E-state index in [1.807, 2.05) is 64.4 Å². The van der Waals surface area contributed by atoms with Crippen molar-refractivity contribution in [1.82, 2.24) is 4.90 Å². The third-order valence-electron chi connectivity index (χ3n) is 5.95. The van der Waals surface area contributed by atoms with E-state index in [9.17, 15) is 9.59 Å². The molecule has 0 N–H and O–H groups in total. The van der Waals surface area contributed by atoms with E-state index in [-0.39, 0.29) is 24.8 Å². The molecule has 166 valence electrons.